The van der Waals surface area contributed by atoms with Crippen LogP contribution in [0.1, 0.15) is 5.56 Å². The molecule has 0 unspecified atom stereocenters. The molecule has 2 N–H and O–H groups in total. The van der Waals surface area contributed by atoms with E-state index in [0.717, 1.165) is 4.90 Å². The lowest BCUT2D eigenvalue weighted by molar-refractivity contribution is -0.139. The van der Waals surface area contributed by atoms with Crippen LogP contribution in [0, 0.1) is 0 Å². The number of carbonyl (C=O) groups is 4. The van der Waals surface area contributed by atoms with Gasteiger partial charge in [0.2, 0.25) is 5.91 Å². The van der Waals surface area contributed by atoms with Gasteiger partial charge in [-0.2, -0.15) is 0 Å². The number of nitrogens with zero attached hydrogens (tertiary/aromatic N) is 1. The van der Waals surface area contributed by atoms with Crippen molar-refractivity contribution < 1.29 is 29.0 Å². The fourth-order valence-electron chi connectivity index (χ4n) is 2.60. The second-order valence-corrected chi connectivity index (χ2v) is 9.48. The molecule has 1 aliphatic heterocycles. The summed E-state index contributed by atoms with van der Waals surface area (Å²) >= 11 is 13.2. The zero-order valence-corrected chi connectivity index (χ0v) is 20.7. The van der Waals surface area contributed by atoms with E-state index in [1.807, 2.05) is 0 Å². The number of nitrogens with one attached hydrogen (secondary N) is 1. The SMILES string of the molecule is O=C(O)COc1ccc(Br)cc1/C=C1/SC(=O)N(CC(=O)Nc2ccc(Br)c(Cl)c2)C1=O. The van der Waals surface area contributed by atoms with Crippen LogP contribution >= 0.6 is 55.2 Å². The fraction of sp³-hybridized carbons (Fsp3) is 0.100. The molecule has 1 heterocycles. The van der Waals surface area contributed by atoms with E-state index in [4.69, 9.17) is 21.4 Å². The Morgan fingerprint density at radius 2 is 1.94 bits per heavy atom. The number of halogens is 3. The minimum atomic E-state index is -1.16. The van der Waals surface area contributed by atoms with E-state index in [1.54, 1.807) is 30.3 Å². The highest BCUT2D eigenvalue weighted by Crippen LogP contribution is 2.35. The lowest BCUT2D eigenvalue weighted by Crippen LogP contribution is -2.36. The van der Waals surface area contributed by atoms with E-state index in [-0.39, 0.29) is 10.7 Å². The summed E-state index contributed by atoms with van der Waals surface area (Å²) in [6, 6.07) is 9.62. The van der Waals surface area contributed by atoms with Gasteiger partial charge in [-0.3, -0.25) is 19.3 Å². The molecule has 0 atom stereocenters. The Balaban J connectivity index is 1.75. The van der Waals surface area contributed by atoms with Crippen LogP contribution in [0.2, 0.25) is 5.02 Å². The highest BCUT2D eigenvalue weighted by atomic mass is 79.9. The minimum absolute atomic E-state index is 0.0766. The Labute approximate surface area is 208 Å². The maximum atomic E-state index is 12.7. The molecule has 1 aliphatic rings. The maximum absolute atomic E-state index is 12.7. The monoisotopic (exact) mass is 602 g/mol. The molecule has 12 heteroatoms. The molecular formula is C20H13Br2ClN2O6S. The quantitative estimate of drug-likeness (QED) is 0.428. The molecule has 0 aromatic heterocycles. The third kappa shape index (κ3) is 6.12. The Morgan fingerprint density at radius 1 is 1.19 bits per heavy atom. The van der Waals surface area contributed by atoms with Gasteiger partial charge in [-0.05, 0) is 70.2 Å². The number of benzene rings is 2. The van der Waals surface area contributed by atoms with Crippen LogP contribution in [0.5, 0.6) is 5.75 Å². The average molecular weight is 605 g/mol. The summed E-state index contributed by atoms with van der Waals surface area (Å²) < 4.78 is 6.56. The molecule has 0 aliphatic carbocycles. The number of amides is 3. The Hall–Kier alpha value is -2.34. The summed E-state index contributed by atoms with van der Waals surface area (Å²) in [6.07, 6.45) is 1.42. The Bertz CT molecular complexity index is 1160. The molecule has 0 saturated carbocycles. The van der Waals surface area contributed by atoms with Crippen LogP contribution in [0.15, 0.2) is 50.2 Å². The molecule has 2 aromatic rings. The van der Waals surface area contributed by atoms with Crippen LogP contribution in [-0.2, 0) is 14.4 Å². The minimum Gasteiger partial charge on any atom is -0.481 e. The molecule has 8 nitrogen and oxygen atoms in total. The van der Waals surface area contributed by atoms with Crippen LogP contribution in [0.25, 0.3) is 6.08 Å². The Kier molecular flexibility index (Phi) is 7.99. The van der Waals surface area contributed by atoms with Crippen molar-refractivity contribution in [2.45, 2.75) is 0 Å². The van der Waals surface area contributed by atoms with Crippen LogP contribution in [0.4, 0.5) is 10.5 Å². The lowest BCUT2D eigenvalue weighted by atomic mass is 10.2. The van der Waals surface area contributed by atoms with Gasteiger partial charge in [0.1, 0.15) is 12.3 Å². The number of ether oxygens (including phenoxy) is 1. The number of thioether (sulfide) groups is 1. The zero-order chi connectivity index (χ0) is 23.4. The standard InChI is InChI=1S/C20H13Br2ClN2O6S/c21-11-1-4-15(31-9-18(27)28)10(5-11)6-16-19(29)25(20(30)32-16)8-17(26)24-12-2-3-13(22)14(23)7-12/h1-7H,8-9H2,(H,24,26)(H,27,28)/b16-6+. The van der Waals surface area contributed by atoms with Gasteiger partial charge in [-0.1, -0.05) is 27.5 Å². The molecule has 2 aromatic carbocycles. The molecule has 32 heavy (non-hydrogen) atoms. The maximum Gasteiger partial charge on any atom is 0.341 e. The number of imide groups is 1. The van der Waals surface area contributed by atoms with Gasteiger partial charge in [0, 0.05) is 20.2 Å². The number of aliphatic carboxylic acids is 1. The predicted molar refractivity (Wildman–Crippen MR) is 128 cm³/mol. The number of rotatable bonds is 7. The molecule has 0 radical (unpaired) electrons. The molecule has 1 fully saturated rings. The summed E-state index contributed by atoms with van der Waals surface area (Å²) in [5.41, 5.74) is 0.820. The second-order valence-electron chi connectivity index (χ2n) is 6.31. The fourth-order valence-corrected chi connectivity index (χ4v) is 4.23. The Morgan fingerprint density at radius 3 is 2.62 bits per heavy atom. The summed E-state index contributed by atoms with van der Waals surface area (Å²) in [4.78, 5) is 49.1. The number of hydrogen-bond acceptors (Lipinski definition) is 6. The number of anilines is 1. The zero-order valence-electron chi connectivity index (χ0n) is 15.9. The van der Waals surface area contributed by atoms with Gasteiger partial charge in [-0.25, -0.2) is 4.79 Å². The van der Waals surface area contributed by atoms with Crippen molar-refractivity contribution >= 4 is 90.0 Å². The summed E-state index contributed by atoms with van der Waals surface area (Å²) in [6.45, 7) is -1.04. The van der Waals surface area contributed by atoms with Gasteiger partial charge >= 0.3 is 5.97 Å². The highest BCUT2D eigenvalue weighted by molar-refractivity contribution is 9.10. The van der Waals surface area contributed by atoms with E-state index in [9.17, 15) is 19.2 Å². The average Bonchev–Trinajstić information content (AvgIpc) is 2.97. The molecule has 166 valence electrons. The predicted octanol–water partition coefficient (Wildman–Crippen LogP) is 5.00. The first kappa shape index (κ1) is 24.3. The van der Waals surface area contributed by atoms with E-state index < -0.39 is 36.2 Å². The highest BCUT2D eigenvalue weighted by Gasteiger charge is 2.36. The van der Waals surface area contributed by atoms with Crippen molar-refractivity contribution in [2.75, 3.05) is 18.5 Å². The molecular weight excluding hydrogens is 592 g/mol. The molecule has 3 rings (SSSR count). The first-order chi connectivity index (χ1) is 15.1. The second kappa shape index (κ2) is 10.5. The van der Waals surface area contributed by atoms with Crippen molar-refractivity contribution in [3.63, 3.8) is 0 Å². The van der Waals surface area contributed by atoms with Gasteiger partial charge in [0.05, 0.1) is 9.93 Å². The first-order valence-corrected chi connectivity index (χ1v) is 11.6. The van der Waals surface area contributed by atoms with Crippen molar-refractivity contribution in [1.29, 1.82) is 0 Å². The number of carboxylic acids is 1. The van der Waals surface area contributed by atoms with Crippen molar-refractivity contribution in [1.82, 2.24) is 4.90 Å². The van der Waals surface area contributed by atoms with Crippen LogP contribution < -0.4 is 10.1 Å². The molecule has 3 amide bonds. The third-order valence-corrected chi connectivity index (χ3v) is 6.62. The number of hydrogen-bond donors (Lipinski definition) is 2. The lowest BCUT2D eigenvalue weighted by Gasteiger charge is -2.13. The van der Waals surface area contributed by atoms with Crippen molar-refractivity contribution in [2.24, 2.45) is 0 Å². The smallest absolute Gasteiger partial charge is 0.341 e. The van der Waals surface area contributed by atoms with Crippen LogP contribution in [-0.4, -0.2) is 46.2 Å². The van der Waals surface area contributed by atoms with Gasteiger partial charge in [-0.15, -0.1) is 0 Å². The normalized spacial score (nSPS) is 14.7. The topological polar surface area (TPSA) is 113 Å². The van der Waals surface area contributed by atoms with E-state index in [0.29, 0.717) is 37.0 Å². The van der Waals surface area contributed by atoms with Crippen molar-refractivity contribution in [3.8, 4) is 5.75 Å². The van der Waals surface area contributed by atoms with Gasteiger partial charge in [0.25, 0.3) is 11.1 Å². The molecule has 0 bridgehead atoms. The molecule has 1 saturated heterocycles. The first-order valence-electron chi connectivity index (χ1n) is 8.78. The van der Waals surface area contributed by atoms with E-state index >= 15 is 0 Å². The van der Waals surface area contributed by atoms with Crippen LogP contribution in [0.3, 0.4) is 0 Å². The third-order valence-electron chi connectivity index (χ3n) is 3.99. The number of carbonyl (C=O) groups excluding carboxylic acids is 3. The van der Waals surface area contributed by atoms with Gasteiger partial charge < -0.3 is 15.2 Å². The van der Waals surface area contributed by atoms with Gasteiger partial charge in [0.15, 0.2) is 6.61 Å². The van der Waals surface area contributed by atoms with E-state index in [1.165, 1.54) is 12.1 Å². The van der Waals surface area contributed by atoms with Crippen molar-refractivity contribution in [3.05, 3.63) is 60.8 Å². The summed E-state index contributed by atoms with van der Waals surface area (Å²) in [5, 5.41) is 11.2. The largest absolute Gasteiger partial charge is 0.481 e. The van der Waals surface area contributed by atoms with E-state index in [2.05, 4.69) is 37.2 Å². The molecule has 0 spiro atoms. The summed E-state index contributed by atoms with van der Waals surface area (Å²) in [7, 11) is 0. The number of carboxylic acid groups (broad SMARTS) is 1. The summed E-state index contributed by atoms with van der Waals surface area (Å²) in [5.74, 6) is -2.14.